The number of aromatic nitrogens is 1. The quantitative estimate of drug-likeness (QED) is 0.797. The first kappa shape index (κ1) is 13.1. The van der Waals surface area contributed by atoms with E-state index in [2.05, 4.69) is 17.6 Å². The third-order valence-electron chi connectivity index (χ3n) is 3.52. The molecule has 1 aromatic carbocycles. The van der Waals surface area contributed by atoms with Crippen LogP contribution in [-0.4, -0.2) is 34.2 Å². The lowest BCUT2D eigenvalue weighted by Gasteiger charge is -2.23. The van der Waals surface area contributed by atoms with Crippen molar-refractivity contribution < 1.29 is 4.79 Å². The molecule has 5 heteroatoms. The summed E-state index contributed by atoms with van der Waals surface area (Å²) in [5.74, 6) is -0.0900. The Hall–Kier alpha value is -1.93. The summed E-state index contributed by atoms with van der Waals surface area (Å²) in [6, 6.07) is 10.1. The number of amides is 1. The van der Waals surface area contributed by atoms with Crippen molar-refractivity contribution in [3.8, 4) is 6.07 Å². The summed E-state index contributed by atoms with van der Waals surface area (Å²) in [5.41, 5.74) is 1.82. The number of nitrogens with zero attached hydrogens (tertiary/aromatic N) is 3. The molecule has 0 saturated heterocycles. The van der Waals surface area contributed by atoms with Gasteiger partial charge in [0.2, 0.25) is 0 Å². The zero-order chi connectivity index (χ0) is 14.3. The van der Waals surface area contributed by atoms with Crippen molar-refractivity contribution in [1.82, 2.24) is 9.47 Å². The summed E-state index contributed by atoms with van der Waals surface area (Å²) in [5, 5.41) is 10.3. The zero-order valence-corrected chi connectivity index (χ0v) is 12.3. The molecule has 0 aliphatic carbocycles. The summed E-state index contributed by atoms with van der Waals surface area (Å²) in [7, 11) is 1.67. The molecule has 0 unspecified atom stereocenters. The van der Waals surface area contributed by atoms with Crippen molar-refractivity contribution in [2.45, 2.75) is 23.6 Å². The molecule has 2 heterocycles. The van der Waals surface area contributed by atoms with Crippen LogP contribution < -0.4 is 0 Å². The van der Waals surface area contributed by atoms with Gasteiger partial charge in [-0.2, -0.15) is 5.26 Å². The van der Waals surface area contributed by atoms with E-state index in [1.165, 1.54) is 9.80 Å². The van der Waals surface area contributed by atoms with Gasteiger partial charge >= 0.3 is 0 Å². The van der Waals surface area contributed by atoms with E-state index in [1.54, 1.807) is 7.05 Å². The normalized spacial score (nSPS) is 16.9. The molecule has 1 aliphatic heterocycles. The minimum Gasteiger partial charge on any atom is -0.334 e. The van der Waals surface area contributed by atoms with Gasteiger partial charge in [-0.25, -0.2) is 0 Å². The fourth-order valence-electron chi connectivity index (χ4n) is 2.64. The second kappa shape index (κ2) is 4.88. The molecule has 0 fully saturated rings. The molecular weight excluding hydrogens is 270 g/mol. The molecular formula is C15H15N3OS. The number of nitriles is 1. The molecule has 0 saturated carbocycles. The Bertz CT molecular complexity index is 729. The van der Waals surface area contributed by atoms with Crippen LogP contribution in [0.25, 0.3) is 10.9 Å². The Balaban J connectivity index is 2.15. The van der Waals surface area contributed by atoms with E-state index in [0.29, 0.717) is 10.9 Å². The van der Waals surface area contributed by atoms with Gasteiger partial charge in [0.25, 0.3) is 5.91 Å². The van der Waals surface area contributed by atoms with Crippen LogP contribution in [0.4, 0.5) is 0 Å². The van der Waals surface area contributed by atoms with Crippen LogP contribution in [0.1, 0.15) is 17.4 Å². The molecule has 3 rings (SSSR count). The molecule has 0 N–H and O–H groups in total. The Kier molecular flexibility index (Phi) is 3.19. The minimum absolute atomic E-state index is 0.0900. The Morgan fingerprint density at radius 2 is 2.40 bits per heavy atom. The lowest BCUT2D eigenvalue weighted by molar-refractivity contribution is 0.0802. The first-order valence-corrected chi connectivity index (χ1v) is 7.41. The highest BCUT2D eigenvalue weighted by Gasteiger charge is 2.25. The molecule has 20 heavy (non-hydrogen) atoms. The van der Waals surface area contributed by atoms with E-state index in [-0.39, 0.29) is 12.5 Å². The van der Waals surface area contributed by atoms with Crippen LogP contribution in [0.15, 0.2) is 29.2 Å². The SMILES string of the molecule is C[C@H]1Cn2c(C(=O)N(C)CC#N)cc3cccc(c32)S1. The largest absolute Gasteiger partial charge is 0.334 e. The fourth-order valence-corrected chi connectivity index (χ4v) is 3.79. The third-order valence-corrected chi connectivity index (χ3v) is 4.66. The van der Waals surface area contributed by atoms with Gasteiger partial charge in [-0.3, -0.25) is 4.79 Å². The topological polar surface area (TPSA) is 49.0 Å². The van der Waals surface area contributed by atoms with Crippen LogP contribution in [0, 0.1) is 11.3 Å². The average molecular weight is 285 g/mol. The predicted molar refractivity (Wildman–Crippen MR) is 79.8 cm³/mol. The maximum Gasteiger partial charge on any atom is 0.271 e. The summed E-state index contributed by atoms with van der Waals surface area (Å²) in [4.78, 5) is 15.2. The monoisotopic (exact) mass is 285 g/mol. The van der Waals surface area contributed by atoms with E-state index in [1.807, 2.05) is 36.0 Å². The number of hydrogen-bond donors (Lipinski definition) is 0. The van der Waals surface area contributed by atoms with Crippen molar-refractivity contribution in [2.75, 3.05) is 13.6 Å². The number of hydrogen-bond acceptors (Lipinski definition) is 3. The van der Waals surface area contributed by atoms with Crippen molar-refractivity contribution >= 4 is 28.6 Å². The number of para-hydroxylation sites is 1. The molecule has 1 atom stereocenters. The smallest absolute Gasteiger partial charge is 0.271 e. The second-order valence-electron chi connectivity index (χ2n) is 5.08. The van der Waals surface area contributed by atoms with Gasteiger partial charge in [-0.1, -0.05) is 19.1 Å². The van der Waals surface area contributed by atoms with Crippen LogP contribution in [0.5, 0.6) is 0 Å². The van der Waals surface area contributed by atoms with Crippen LogP contribution in [0.3, 0.4) is 0 Å². The summed E-state index contributed by atoms with van der Waals surface area (Å²) in [6.45, 7) is 3.10. The van der Waals surface area contributed by atoms with Crippen LogP contribution in [0.2, 0.25) is 0 Å². The van der Waals surface area contributed by atoms with Crippen molar-refractivity contribution in [1.29, 1.82) is 5.26 Å². The number of thioether (sulfide) groups is 1. The highest BCUT2D eigenvalue weighted by molar-refractivity contribution is 8.00. The van der Waals surface area contributed by atoms with Crippen molar-refractivity contribution in [3.05, 3.63) is 30.0 Å². The summed E-state index contributed by atoms with van der Waals surface area (Å²) >= 11 is 1.85. The highest BCUT2D eigenvalue weighted by atomic mass is 32.2. The van der Waals surface area contributed by atoms with E-state index >= 15 is 0 Å². The number of rotatable bonds is 2. The van der Waals surface area contributed by atoms with Gasteiger partial charge in [-0.15, -0.1) is 11.8 Å². The second-order valence-corrected chi connectivity index (χ2v) is 6.56. The van der Waals surface area contributed by atoms with Gasteiger partial charge in [0.15, 0.2) is 0 Å². The number of benzene rings is 1. The van der Waals surface area contributed by atoms with E-state index in [0.717, 1.165) is 17.4 Å². The summed E-state index contributed by atoms with van der Waals surface area (Å²) < 4.78 is 2.10. The molecule has 0 radical (unpaired) electrons. The van der Waals surface area contributed by atoms with Crippen molar-refractivity contribution in [3.63, 3.8) is 0 Å². The van der Waals surface area contributed by atoms with E-state index in [4.69, 9.17) is 5.26 Å². The van der Waals surface area contributed by atoms with Crippen LogP contribution in [-0.2, 0) is 6.54 Å². The van der Waals surface area contributed by atoms with E-state index in [9.17, 15) is 4.79 Å². The maximum absolute atomic E-state index is 12.5. The Labute approximate surface area is 122 Å². The molecule has 4 nitrogen and oxygen atoms in total. The van der Waals surface area contributed by atoms with Gasteiger partial charge in [-0.05, 0) is 12.1 Å². The number of carbonyl (C=O) groups excluding carboxylic acids is 1. The molecule has 2 aromatic rings. The molecule has 102 valence electrons. The lowest BCUT2D eigenvalue weighted by atomic mass is 10.2. The van der Waals surface area contributed by atoms with E-state index < -0.39 is 0 Å². The highest BCUT2D eigenvalue weighted by Crippen LogP contribution is 2.38. The molecule has 1 amide bonds. The van der Waals surface area contributed by atoms with Gasteiger partial charge in [0.1, 0.15) is 12.2 Å². The third kappa shape index (κ3) is 1.97. The molecule has 0 spiro atoms. The lowest BCUT2D eigenvalue weighted by Crippen LogP contribution is -2.30. The van der Waals surface area contributed by atoms with Crippen LogP contribution >= 0.6 is 11.8 Å². The fraction of sp³-hybridized carbons (Fsp3) is 0.333. The standard InChI is InChI=1S/C15H15N3OS/c1-10-9-18-12(15(19)17(2)7-6-16)8-11-4-3-5-13(20-10)14(11)18/h3-5,8,10H,7,9H2,1-2H3/t10-/m0/s1. The number of carbonyl (C=O) groups is 1. The maximum atomic E-state index is 12.5. The Morgan fingerprint density at radius 3 is 3.15 bits per heavy atom. The summed E-state index contributed by atoms with van der Waals surface area (Å²) in [6.07, 6.45) is 0. The minimum atomic E-state index is -0.0900. The average Bonchev–Trinajstić information content (AvgIpc) is 2.78. The first-order chi connectivity index (χ1) is 9.61. The predicted octanol–water partition coefficient (Wildman–Crippen LogP) is 2.73. The molecule has 0 bridgehead atoms. The zero-order valence-electron chi connectivity index (χ0n) is 11.5. The molecule has 1 aromatic heterocycles. The van der Waals surface area contributed by atoms with Gasteiger partial charge in [0.05, 0.1) is 11.6 Å². The van der Waals surface area contributed by atoms with Gasteiger partial charge in [0, 0.05) is 29.1 Å². The first-order valence-electron chi connectivity index (χ1n) is 6.53. The van der Waals surface area contributed by atoms with Gasteiger partial charge < -0.3 is 9.47 Å². The van der Waals surface area contributed by atoms with Crippen molar-refractivity contribution in [2.24, 2.45) is 0 Å². The Morgan fingerprint density at radius 1 is 1.60 bits per heavy atom. The molecule has 1 aliphatic rings.